The van der Waals surface area contributed by atoms with Gasteiger partial charge in [-0.25, -0.2) is 12.7 Å². The molecule has 2 fully saturated rings. The number of amidine groups is 1. The van der Waals surface area contributed by atoms with Crippen LogP contribution in [0.5, 0.6) is 0 Å². The molecular weight excluding hydrogens is 464 g/mol. The van der Waals surface area contributed by atoms with Crippen molar-refractivity contribution in [1.29, 1.82) is 0 Å². The standard InChI is InChI=1S/C26H34N4O4S/c1-18-23(19(2)34-29-18)22-11-7-6-8-20(22)12-17-35(32,33)30-15-13-26(14-16-30)25(31)27-24(28-26)21-9-4-3-5-10-21/h6-8,11,21H,3-5,9-10,12-17H2,1-2H3,(H,27,28,31). The van der Waals surface area contributed by atoms with E-state index in [0.717, 1.165) is 46.8 Å². The lowest BCUT2D eigenvalue weighted by Gasteiger charge is -2.34. The molecule has 3 aliphatic rings. The van der Waals surface area contributed by atoms with Crippen LogP contribution in [-0.4, -0.2) is 54.0 Å². The fraction of sp³-hybridized carbons (Fsp3) is 0.577. The van der Waals surface area contributed by atoms with Crippen molar-refractivity contribution in [3.8, 4) is 11.1 Å². The van der Waals surface area contributed by atoms with Gasteiger partial charge in [0.1, 0.15) is 17.1 Å². The summed E-state index contributed by atoms with van der Waals surface area (Å²) in [6.45, 7) is 4.41. The highest BCUT2D eigenvalue weighted by Crippen LogP contribution is 2.35. The van der Waals surface area contributed by atoms with Crippen molar-refractivity contribution in [3.05, 3.63) is 41.3 Å². The van der Waals surface area contributed by atoms with E-state index >= 15 is 0 Å². The zero-order chi connectivity index (χ0) is 24.6. The van der Waals surface area contributed by atoms with Crippen LogP contribution in [0.3, 0.4) is 0 Å². The molecule has 0 unspecified atom stereocenters. The fourth-order valence-corrected chi connectivity index (χ4v) is 7.28. The van der Waals surface area contributed by atoms with Gasteiger partial charge in [0.05, 0.1) is 11.4 Å². The van der Waals surface area contributed by atoms with Crippen LogP contribution < -0.4 is 5.32 Å². The molecule has 1 saturated heterocycles. The van der Waals surface area contributed by atoms with Crippen LogP contribution in [0.15, 0.2) is 33.8 Å². The van der Waals surface area contributed by atoms with Crippen molar-refractivity contribution in [2.45, 2.75) is 70.8 Å². The predicted octanol–water partition coefficient (Wildman–Crippen LogP) is 3.77. The number of amides is 1. The molecule has 1 aliphatic carbocycles. The monoisotopic (exact) mass is 498 g/mol. The zero-order valence-electron chi connectivity index (χ0n) is 20.5. The number of benzene rings is 1. The van der Waals surface area contributed by atoms with E-state index in [1.807, 2.05) is 38.1 Å². The quantitative estimate of drug-likeness (QED) is 0.653. The largest absolute Gasteiger partial charge is 0.361 e. The fourth-order valence-electron chi connectivity index (χ4n) is 5.80. The number of carbonyl (C=O) groups excluding carboxylic acids is 1. The van der Waals surface area contributed by atoms with Crippen molar-refractivity contribution < 1.29 is 17.7 Å². The molecule has 188 valence electrons. The van der Waals surface area contributed by atoms with Crippen molar-refractivity contribution in [1.82, 2.24) is 14.8 Å². The Balaban J connectivity index is 1.25. The summed E-state index contributed by atoms with van der Waals surface area (Å²) in [4.78, 5) is 17.7. The van der Waals surface area contributed by atoms with Gasteiger partial charge >= 0.3 is 0 Å². The van der Waals surface area contributed by atoms with Crippen molar-refractivity contribution in [2.24, 2.45) is 10.9 Å². The normalized spacial score (nSPS) is 21.3. The van der Waals surface area contributed by atoms with E-state index in [-0.39, 0.29) is 11.7 Å². The van der Waals surface area contributed by atoms with Gasteiger partial charge in [0, 0.05) is 24.6 Å². The van der Waals surface area contributed by atoms with Crippen LogP contribution >= 0.6 is 0 Å². The Bertz CT molecular complexity index is 1220. The number of aliphatic imine (C=N–C) groups is 1. The third-order valence-electron chi connectivity index (χ3n) is 7.88. The number of nitrogens with one attached hydrogen (secondary N) is 1. The number of piperidine rings is 1. The van der Waals surface area contributed by atoms with Gasteiger partial charge in [0.2, 0.25) is 10.0 Å². The summed E-state index contributed by atoms with van der Waals surface area (Å²) < 4.78 is 33.4. The van der Waals surface area contributed by atoms with Crippen LogP contribution in [0.2, 0.25) is 0 Å². The first-order valence-corrected chi connectivity index (χ1v) is 14.3. The molecule has 1 N–H and O–H groups in total. The molecule has 0 bridgehead atoms. The lowest BCUT2D eigenvalue weighted by atomic mass is 9.88. The minimum absolute atomic E-state index is 0.0170. The second-order valence-electron chi connectivity index (χ2n) is 10.1. The maximum atomic E-state index is 13.2. The van der Waals surface area contributed by atoms with Crippen LogP contribution in [0, 0.1) is 19.8 Å². The number of nitrogens with zero attached hydrogens (tertiary/aromatic N) is 3. The summed E-state index contributed by atoms with van der Waals surface area (Å²) in [7, 11) is -3.47. The lowest BCUT2D eigenvalue weighted by Crippen LogP contribution is -2.51. The van der Waals surface area contributed by atoms with Crippen LogP contribution in [0.1, 0.15) is 62.0 Å². The molecule has 2 aromatic rings. The Hall–Kier alpha value is -2.52. The molecule has 1 saturated carbocycles. The van der Waals surface area contributed by atoms with E-state index in [2.05, 4.69) is 10.5 Å². The van der Waals surface area contributed by atoms with E-state index in [9.17, 15) is 13.2 Å². The van der Waals surface area contributed by atoms with Gasteiger partial charge in [0.15, 0.2) is 0 Å². The Morgan fingerprint density at radius 1 is 1.11 bits per heavy atom. The van der Waals surface area contributed by atoms with E-state index in [4.69, 9.17) is 9.52 Å². The highest BCUT2D eigenvalue weighted by atomic mass is 32.2. The molecule has 0 radical (unpaired) electrons. The van der Waals surface area contributed by atoms with Crippen LogP contribution in [0.4, 0.5) is 0 Å². The van der Waals surface area contributed by atoms with Crippen molar-refractivity contribution in [3.63, 3.8) is 0 Å². The van der Waals surface area contributed by atoms with Crippen LogP contribution in [-0.2, 0) is 21.2 Å². The summed E-state index contributed by atoms with van der Waals surface area (Å²) in [5, 5.41) is 7.09. The van der Waals surface area contributed by atoms with Crippen molar-refractivity contribution in [2.75, 3.05) is 18.8 Å². The average Bonchev–Trinajstić information content (AvgIpc) is 3.37. The number of sulfonamides is 1. The molecular formula is C26H34N4O4S. The van der Waals surface area contributed by atoms with E-state index in [0.29, 0.717) is 38.3 Å². The number of aryl methyl sites for hydroxylation is 3. The molecule has 1 spiro atoms. The summed E-state index contributed by atoms with van der Waals surface area (Å²) in [5.74, 6) is 1.86. The minimum atomic E-state index is -3.47. The molecule has 1 aromatic heterocycles. The van der Waals surface area contributed by atoms with Crippen molar-refractivity contribution >= 4 is 21.8 Å². The third kappa shape index (κ3) is 4.68. The Morgan fingerprint density at radius 3 is 2.51 bits per heavy atom. The number of hydrogen-bond acceptors (Lipinski definition) is 6. The number of carbonyl (C=O) groups is 1. The SMILES string of the molecule is Cc1noc(C)c1-c1ccccc1CCS(=O)(=O)N1CCC2(CC1)N=C(C1CCCCC1)NC2=O. The topological polar surface area (TPSA) is 105 Å². The summed E-state index contributed by atoms with van der Waals surface area (Å²) in [6, 6.07) is 7.82. The molecule has 1 amide bonds. The average molecular weight is 499 g/mol. The summed E-state index contributed by atoms with van der Waals surface area (Å²) >= 11 is 0. The molecule has 3 heterocycles. The lowest BCUT2D eigenvalue weighted by molar-refractivity contribution is -0.125. The smallest absolute Gasteiger partial charge is 0.253 e. The van der Waals surface area contributed by atoms with Crippen LogP contribution in [0.25, 0.3) is 11.1 Å². The molecule has 2 aliphatic heterocycles. The zero-order valence-corrected chi connectivity index (χ0v) is 21.4. The van der Waals surface area contributed by atoms with Gasteiger partial charge in [-0.1, -0.05) is 48.7 Å². The molecule has 8 nitrogen and oxygen atoms in total. The number of hydrogen-bond donors (Lipinski definition) is 1. The van der Waals surface area contributed by atoms with E-state index in [1.165, 1.54) is 23.6 Å². The van der Waals surface area contributed by atoms with Gasteiger partial charge in [-0.2, -0.15) is 0 Å². The van der Waals surface area contributed by atoms with Gasteiger partial charge in [-0.15, -0.1) is 0 Å². The minimum Gasteiger partial charge on any atom is -0.361 e. The Labute approximate surface area is 207 Å². The molecule has 35 heavy (non-hydrogen) atoms. The molecule has 0 atom stereocenters. The molecule has 9 heteroatoms. The second-order valence-corrected chi connectivity index (χ2v) is 12.2. The highest BCUT2D eigenvalue weighted by Gasteiger charge is 2.48. The highest BCUT2D eigenvalue weighted by molar-refractivity contribution is 7.89. The first kappa shape index (κ1) is 24.2. The maximum absolute atomic E-state index is 13.2. The second kappa shape index (κ2) is 9.50. The van der Waals surface area contributed by atoms with E-state index < -0.39 is 15.6 Å². The third-order valence-corrected chi connectivity index (χ3v) is 9.75. The Kier molecular flexibility index (Phi) is 6.57. The van der Waals surface area contributed by atoms with Gasteiger partial charge in [-0.3, -0.25) is 9.79 Å². The number of rotatable bonds is 6. The molecule has 5 rings (SSSR count). The first-order chi connectivity index (χ1) is 16.8. The van der Waals surface area contributed by atoms with E-state index in [1.54, 1.807) is 0 Å². The molecule has 1 aromatic carbocycles. The van der Waals surface area contributed by atoms with Gasteiger partial charge < -0.3 is 9.84 Å². The maximum Gasteiger partial charge on any atom is 0.253 e. The number of aromatic nitrogens is 1. The first-order valence-electron chi connectivity index (χ1n) is 12.7. The Morgan fingerprint density at radius 2 is 1.83 bits per heavy atom. The summed E-state index contributed by atoms with van der Waals surface area (Å²) in [5.41, 5.74) is 2.84. The van der Waals surface area contributed by atoms with Gasteiger partial charge in [-0.05, 0) is 57.1 Å². The predicted molar refractivity (Wildman–Crippen MR) is 135 cm³/mol. The summed E-state index contributed by atoms with van der Waals surface area (Å²) in [6.07, 6.45) is 7.02. The van der Waals surface area contributed by atoms with Gasteiger partial charge in [0.25, 0.3) is 5.91 Å².